The first kappa shape index (κ1) is 21.9. The van der Waals surface area contributed by atoms with Gasteiger partial charge in [-0.15, -0.1) is 0 Å². The van der Waals surface area contributed by atoms with Gasteiger partial charge in [0.2, 0.25) is 11.8 Å². The van der Waals surface area contributed by atoms with E-state index in [1.54, 1.807) is 20.8 Å². The van der Waals surface area contributed by atoms with Crippen LogP contribution in [0.25, 0.3) is 0 Å². The molecule has 0 spiro atoms. The zero-order chi connectivity index (χ0) is 18.6. The maximum Gasteiger partial charge on any atom is 0.407 e. The fourth-order valence-corrected chi connectivity index (χ4v) is 1.60. The molecule has 3 N–H and O–H groups in total. The summed E-state index contributed by atoms with van der Waals surface area (Å²) in [5, 5.41) is 7.87. The highest BCUT2D eigenvalue weighted by atomic mass is 16.6. The molecule has 0 saturated carbocycles. The summed E-state index contributed by atoms with van der Waals surface area (Å²) in [5.74, 6) is -0.371. The van der Waals surface area contributed by atoms with Crippen molar-refractivity contribution in [3.05, 3.63) is 0 Å². The molecule has 0 bridgehead atoms. The average Bonchev–Trinajstić information content (AvgIpc) is 2.42. The van der Waals surface area contributed by atoms with Gasteiger partial charge in [-0.25, -0.2) is 4.79 Å². The minimum Gasteiger partial charge on any atom is -0.444 e. The van der Waals surface area contributed by atoms with E-state index >= 15 is 0 Å². The molecular formula is C16H29N3O5. The van der Waals surface area contributed by atoms with Gasteiger partial charge in [0.15, 0.2) is 0 Å². The Morgan fingerprint density at radius 2 is 1.33 bits per heavy atom. The Labute approximate surface area is 143 Å². The summed E-state index contributed by atoms with van der Waals surface area (Å²) in [6, 6.07) is 0. The first-order valence-electron chi connectivity index (χ1n) is 8.10. The summed E-state index contributed by atoms with van der Waals surface area (Å²) >= 11 is 0. The molecule has 0 saturated heterocycles. The van der Waals surface area contributed by atoms with Crippen molar-refractivity contribution < 1.29 is 23.9 Å². The topological polar surface area (TPSA) is 114 Å². The zero-order valence-corrected chi connectivity index (χ0v) is 15.0. The molecule has 8 nitrogen and oxygen atoms in total. The van der Waals surface area contributed by atoms with Crippen LogP contribution in [0, 0.1) is 0 Å². The summed E-state index contributed by atoms with van der Waals surface area (Å²) in [6.45, 7) is 7.79. The Kier molecular flexibility index (Phi) is 10.4. The van der Waals surface area contributed by atoms with Crippen molar-refractivity contribution in [2.75, 3.05) is 19.6 Å². The summed E-state index contributed by atoms with van der Waals surface area (Å²) < 4.78 is 5.05. The third-order valence-electron chi connectivity index (χ3n) is 2.72. The number of nitrogens with one attached hydrogen (secondary N) is 3. The van der Waals surface area contributed by atoms with Gasteiger partial charge in [-0.3, -0.25) is 9.59 Å². The molecule has 3 amide bonds. The van der Waals surface area contributed by atoms with Crippen LogP contribution in [0.5, 0.6) is 0 Å². The predicted octanol–water partition coefficient (Wildman–Crippen LogP) is 0.893. The second-order valence-electron chi connectivity index (χ2n) is 6.43. The number of carbonyl (C=O) groups excluding carboxylic acids is 4. The summed E-state index contributed by atoms with van der Waals surface area (Å²) in [4.78, 5) is 45.0. The SMILES string of the molecule is CC(=O)CCC(=O)NCCCNC(=O)CCNC(=O)OC(C)(C)C. The molecule has 138 valence electrons. The van der Waals surface area contributed by atoms with Gasteiger partial charge in [0, 0.05) is 38.9 Å². The van der Waals surface area contributed by atoms with Crippen LogP contribution in [-0.2, 0) is 19.1 Å². The summed E-state index contributed by atoms with van der Waals surface area (Å²) in [6.07, 6.45) is 0.635. The molecule has 0 aliphatic carbocycles. The number of rotatable bonds is 10. The van der Waals surface area contributed by atoms with Gasteiger partial charge in [-0.2, -0.15) is 0 Å². The largest absolute Gasteiger partial charge is 0.444 e. The van der Waals surface area contributed by atoms with E-state index in [9.17, 15) is 19.2 Å². The van der Waals surface area contributed by atoms with Gasteiger partial charge in [-0.1, -0.05) is 0 Å². The minimum atomic E-state index is -0.568. The lowest BCUT2D eigenvalue weighted by atomic mass is 10.2. The molecule has 0 radical (unpaired) electrons. The lowest BCUT2D eigenvalue weighted by Crippen LogP contribution is -2.35. The Balaban J connectivity index is 3.58. The normalized spacial score (nSPS) is 10.7. The van der Waals surface area contributed by atoms with E-state index in [0.717, 1.165) is 0 Å². The number of hydrogen-bond donors (Lipinski definition) is 3. The molecule has 8 heteroatoms. The van der Waals surface area contributed by atoms with Crippen molar-refractivity contribution >= 4 is 23.7 Å². The van der Waals surface area contributed by atoms with Crippen molar-refractivity contribution in [1.82, 2.24) is 16.0 Å². The number of carbonyl (C=O) groups is 4. The molecule has 0 unspecified atom stereocenters. The Hall–Kier alpha value is -2.12. The first-order chi connectivity index (χ1) is 11.1. The van der Waals surface area contributed by atoms with E-state index in [0.29, 0.717) is 19.5 Å². The highest BCUT2D eigenvalue weighted by Gasteiger charge is 2.15. The molecule has 0 aliphatic rings. The van der Waals surface area contributed by atoms with Gasteiger partial charge in [0.05, 0.1) is 0 Å². The number of Topliss-reactive ketones (excluding diaryl/α,β-unsaturated/α-hetero) is 1. The van der Waals surface area contributed by atoms with Gasteiger partial charge in [0.25, 0.3) is 0 Å². The third-order valence-corrected chi connectivity index (χ3v) is 2.72. The summed E-state index contributed by atoms with van der Waals surface area (Å²) in [5.41, 5.74) is -0.568. The predicted molar refractivity (Wildman–Crippen MR) is 89.4 cm³/mol. The van der Waals surface area contributed by atoms with Crippen LogP contribution >= 0.6 is 0 Å². The number of hydrogen-bond acceptors (Lipinski definition) is 5. The number of ether oxygens (including phenoxy) is 1. The van der Waals surface area contributed by atoms with Gasteiger partial charge in [-0.05, 0) is 34.1 Å². The van der Waals surface area contributed by atoms with Gasteiger partial charge < -0.3 is 25.5 Å². The number of amides is 3. The second kappa shape index (κ2) is 11.4. The molecule has 0 fully saturated rings. The Morgan fingerprint density at radius 1 is 0.792 bits per heavy atom. The second-order valence-corrected chi connectivity index (χ2v) is 6.43. The van der Waals surface area contributed by atoms with E-state index in [2.05, 4.69) is 16.0 Å². The van der Waals surface area contributed by atoms with Crippen molar-refractivity contribution in [2.45, 2.75) is 59.0 Å². The van der Waals surface area contributed by atoms with Crippen LogP contribution in [0.2, 0.25) is 0 Å². The standard InChI is InChI=1S/C16H29N3O5/c1-12(20)6-7-13(21)17-9-5-10-18-14(22)8-11-19-15(23)24-16(2,3)4/h5-11H2,1-4H3,(H,17,21)(H,18,22)(H,19,23). The first-order valence-corrected chi connectivity index (χ1v) is 8.10. The van der Waals surface area contributed by atoms with E-state index in [-0.39, 0.29) is 43.4 Å². The maximum atomic E-state index is 11.6. The monoisotopic (exact) mass is 343 g/mol. The molecule has 0 aromatic heterocycles. The smallest absolute Gasteiger partial charge is 0.407 e. The van der Waals surface area contributed by atoms with Crippen LogP contribution in [0.15, 0.2) is 0 Å². The molecule has 0 heterocycles. The maximum absolute atomic E-state index is 11.6. The molecule has 0 aliphatic heterocycles. The van der Waals surface area contributed by atoms with Crippen LogP contribution in [0.3, 0.4) is 0 Å². The molecule has 0 aromatic carbocycles. The van der Waals surface area contributed by atoms with Gasteiger partial charge >= 0.3 is 6.09 Å². The van der Waals surface area contributed by atoms with E-state index in [4.69, 9.17) is 4.74 Å². The van der Waals surface area contributed by atoms with Crippen LogP contribution in [0.4, 0.5) is 4.79 Å². The Morgan fingerprint density at radius 3 is 1.83 bits per heavy atom. The van der Waals surface area contributed by atoms with Crippen molar-refractivity contribution in [3.63, 3.8) is 0 Å². The highest BCUT2D eigenvalue weighted by Crippen LogP contribution is 2.06. The van der Waals surface area contributed by atoms with Crippen molar-refractivity contribution in [1.29, 1.82) is 0 Å². The Bertz CT molecular complexity index is 443. The molecule has 0 aromatic rings. The molecule has 0 rings (SSSR count). The molecule has 24 heavy (non-hydrogen) atoms. The quantitative estimate of drug-likeness (QED) is 0.510. The highest BCUT2D eigenvalue weighted by molar-refractivity contribution is 5.83. The molecular weight excluding hydrogens is 314 g/mol. The van der Waals surface area contributed by atoms with Crippen LogP contribution in [0.1, 0.15) is 53.4 Å². The summed E-state index contributed by atoms with van der Waals surface area (Å²) in [7, 11) is 0. The van der Waals surface area contributed by atoms with E-state index < -0.39 is 11.7 Å². The fraction of sp³-hybridized carbons (Fsp3) is 0.750. The number of alkyl carbamates (subject to hydrolysis) is 1. The average molecular weight is 343 g/mol. The van der Waals surface area contributed by atoms with Crippen molar-refractivity contribution in [2.24, 2.45) is 0 Å². The minimum absolute atomic E-state index is 0.0163. The zero-order valence-electron chi connectivity index (χ0n) is 15.0. The number of ketones is 1. The van der Waals surface area contributed by atoms with E-state index in [1.807, 2.05) is 0 Å². The molecule has 0 atom stereocenters. The lowest BCUT2D eigenvalue weighted by Gasteiger charge is -2.19. The van der Waals surface area contributed by atoms with Crippen LogP contribution in [-0.4, -0.2) is 48.9 Å². The van der Waals surface area contributed by atoms with E-state index in [1.165, 1.54) is 6.92 Å². The van der Waals surface area contributed by atoms with Crippen molar-refractivity contribution in [3.8, 4) is 0 Å². The van der Waals surface area contributed by atoms with Crippen LogP contribution < -0.4 is 16.0 Å². The lowest BCUT2D eigenvalue weighted by molar-refractivity contribution is -0.124. The fourth-order valence-electron chi connectivity index (χ4n) is 1.60. The third kappa shape index (κ3) is 14.8. The van der Waals surface area contributed by atoms with Gasteiger partial charge in [0.1, 0.15) is 11.4 Å².